The molecular weight excluding hydrogens is 164 g/mol. The molecule has 2 aromatic rings. The van der Waals surface area contributed by atoms with Crippen LogP contribution in [0.25, 0.3) is 5.52 Å². The first-order valence-electron chi connectivity index (χ1n) is 4.13. The van der Waals surface area contributed by atoms with Gasteiger partial charge in [0.1, 0.15) is 0 Å². The van der Waals surface area contributed by atoms with Crippen LogP contribution in [0.3, 0.4) is 0 Å². The van der Waals surface area contributed by atoms with Gasteiger partial charge in [-0.1, -0.05) is 0 Å². The highest BCUT2D eigenvalue weighted by Crippen LogP contribution is 2.13. The molecule has 0 atom stereocenters. The average Bonchev–Trinajstić information content (AvgIpc) is 2.40. The number of aromatic nitrogens is 2. The van der Waals surface area contributed by atoms with Gasteiger partial charge >= 0.3 is 0 Å². The molecule has 0 fully saturated rings. The molecule has 0 aliphatic heterocycles. The third kappa shape index (κ3) is 1.13. The number of carbonyl (C=O) groups is 1. The second-order valence-corrected chi connectivity index (χ2v) is 3.15. The molecule has 0 saturated carbocycles. The molecule has 2 rings (SSSR count). The summed E-state index contributed by atoms with van der Waals surface area (Å²) in [5.74, 6) is 0. The zero-order chi connectivity index (χ0) is 9.42. The van der Waals surface area contributed by atoms with E-state index in [2.05, 4.69) is 5.10 Å². The fourth-order valence-corrected chi connectivity index (χ4v) is 1.43. The van der Waals surface area contributed by atoms with Crippen molar-refractivity contribution in [1.29, 1.82) is 0 Å². The van der Waals surface area contributed by atoms with Crippen LogP contribution in [0, 0.1) is 13.8 Å². The van der Waals surface area contributed by atoms with Gasteiger partial charge in [0.15, 0.2) is 6.29 Å². The zero-order valence-electron chi connectivity index (χ0n) is 7.61. The van der Waals surface area contributed by atoms with Crippen LogP contribution < -0.4 is 0 Å². The summed E-state index contributed by atoms with van der Waals surface area (Å²) >= 11 is 0. The lowest BCUT2D eigenvalue weighted by Crippen LogP contribution is -1.86. The van der Waals surface area contributed by atoms with Crippen molar-refractivity contribution in [3.05, 3.63) is 35.2 Å². The minimum absolute atomic E-state index is 0.684. The number of hydrogen-bond acceptors (Lipinski definition) is 2. The van der Waals surface area contributed by atoms with Gasteiger partial charge in [-0.3, -0.25) is 4.79 Å². The number of aldehydes is 1. The van der Waals surface area contributed by atoms with Crippen molar-refractivity contribution in [2.24, 2.45) is 0 Å². The Labute approximate surface area is 76.0 Å². The minimum atomic E-state index is 0.684. The van der Waals surface area contributed by atoms with E-state index in [0.29, 0.717) is 5.56 Å². The Morgan fingerprint density at radius 1 is 1.46 bits per heavy atom. The van der Waals surface area contributed by atoms with Gasteiger partial charge in [-0.2, -0.15) is 5.10 Å². The van der Waals surface area contributed by atoms with E-state index in [0.717, 1.165) is 23.1 Å². The number of nitrogens with zero attached hydrogens (tertiary/aromatic N) is 2. The molecule has 3 nitrogen and oxygen atoms in total. The highest BCUT2D eigenvalue weighted by atomic mass is 16.1. The second-order valence-electron chi connectivity index (χ2n) is 3.15. The van der Waals surface area contributed by atoms with Crippen molar-refractivity contribution >= 4 is 11.8 Å². The molecule has 0 spiro atoms. The van der Waals surface area contributed by atoms with E-state index in [1.807, 2.05) is 32.2 Å². The summed E-state index contributed by atoms with van der Waals surface area (Å²) in [7, 11) is 0. The SMILES string of the molecule is Cc1ccn2nc(C)c(C=O)c2c1. The third-order valence-electron chi connectivity index (χ3n) is 2.13. The van der Waals surface area contributed by atoms with Gasteiger partial charge in [0, 0.05) is 6.20 Å². The molecule has 3 heteroatoms. The normalized spacial score (nSPS) is 10.6. The molecule has 0 N–H and O–H groups in total. The highest BCUT2D eigenvalue weighted by molar-refractivity contribution is 5.87. The van der Waals surface area contributed by atoms with Gasteiger partial charge in [-0.15, -0.1) is 0 Å². The molecule has 0 saturated heterocycles. The third-order valence-corrected chi connectivity index (χ3v) is 2.13. The maximum absolute atomic E-state index is 10.8. The highest BCUT2D eigenvalue weighted by Gasteiger charge is 2.07. The van der Waals surface area contributed by atoms with Crippen LogP contribution in [-0.4, -0.2) is 15.9 Å². The van der Waals surface area contributed by atoms with E-state index in [4.69, 9.17) is 0 Å². The lowest BCUT2D eigenvalue weighted by Gasteiger charge is -1.94. The largest absolute Gasteiger partial charge is 0.298 e. The minimum Gasteiger partial charge on any atom is -0.298 e. The lowest BCUT2D eigenvalue weighted by atomic mass is 10.2. The number of rotatable bonds is 1. The Kier molecular flexibility index (Phi) is 1.65. The van der Waals surface area contributed by atoms with Crippen LogP contribution in [0.1, 0.15) is 21.6 Å². The molecule has 0 aliphatic rings. The second kappa shape index (κ2) is 2.69. The molecule has 0 aliphatic carbocycles. The van der Waals surface area contributed by atoms with E-state index in [1.165, 1.54) is 0 Å². The number of pyridine rings is 1. The fourth-order valence-electron chi connectivity index (χ4n) is 1.43. The monoisotopic (exact) mass is 174 g/mol. The van der Waals surface area contributed by atoms with Crippen LogP contribution in [0.15, 0.2) is 18.3 Å². The maximum atomic E-state index is 10.8. The van der Waals surface area contributed by atoms with Crippen LogP contribution in [0.2, 0.25) is 0 Å². The van der Waals surface area contributed by atoms with Crippen molar-refractivity contribution in [3.63, 3.8) is 0 Å². The molecule has 0 radical (unpaired) electrons. The molecule has 0 amide bonds. The molecule has 0 aromatic carbocycles. The molecular formula is C10H10N2O. The van der Waals surface area contributed by atoms with E-state index >= 15 is 0 Å². The number of carbonyl (C=O) groups excluding carboxylic acids is 1. The van der Waals surface area contributed by atoms with E-state index in [1.54, 1.807) is 4.52 Å². The van der Waals surface area contributed by atoms with Gasteiger partial charge in [-0.25, -0.2) is 4.52 Å². The van der Waals surface area contributed by atoms with E-state index < -0.39 is 0 Å². The van der Waals surface area contributed by atoms with Crippen LogP contribution in [0.4, 0.5) is 0 Å². The summed E-state index contributed by atoms with van der Waals surface area (Å²) in [5, 5.41) is 4.21. The maximum Gasteiger partial charge on any atom is 0.154 e. The van der Waals surface area contributed by atoms with Crippen molar-refractivity contribution in [1.82, 2.24) is 9.61 Å². The van der Waals surface area contributed by atoms with Crippen molar-refractivity contribution in [2.45, 2.75) is 13.8 Å². The average molecular weight is 174 g/mol. The first-order valence-corrected chi connectivity index (χ1v) is 4.13. The summed E-state index contributed by atoms with van der Waals surface area (Å²) in [5.41, 5.74) is 3.48. The van der Waals surface area contributed by atoms with Crippen molar-refractivity contribution in [2.75, 3.05) is 0 Å². The van der Waals surface area contributed by atoms with E-state index in [9.17, 15) is 4.79 Å². The van der Waals surface area contributed by atoms with Crippen LogP contribution in [-0.2, 0) is 0 Å². The molecule has 2 heterocycles. The first-order chi connectivity index (χ1) is 6.22. The predicted molar refractivity (Wildman–Crippen MR) is 50.1 cm³/mol. The van der Waals surface area contributed by atoms with Gasteiger partial charge in [0.2, 0.25) is 0 Å². The molecule has 0 bridgehead atoms. The van der Waals surface area contributed by atoms with E-state index in [-0.39, 0.29) is 0 Å². The Hall–Kier alpha value is -1.64. The first kappa shape index (κ1) is 7.98. The molecule has 13 heavy (non-hydrogen) atoms. The number of fused-ring (bicyclic) bond motifs is 1. The Balaban J connectivity index is 2.88. The van der Waals surface area contributed by atoms with Gasteiger partial charge in [0.25, 0.3) is 0 Å². The van der Waals surface area contributed by atoms with Gasteiger partial charge < -0.3 is 0 Å². The predicted octanol–water partition coefficient (Wildman–Crippen LogP) is 1.76. The standard InChI is InChI=1S/C10H10N2O/c1-7-3-4-12-10(5-7)9(6-13)8(2)11-12/h3-6H,1-2H3. The molecule has 2 aromatic heterocycles. The number of aryl methyl sites for hydroxylation is 2. The Morgan fingerprint density at radius 3 is 2.92 bits per heavy atom. The van der Waals surface area contributed by atoms with Crippen molar-refractivity contribution in [3.8, 4) is 0 Å². The summed E-state index contributed by atoms with van der Waals surface area (Å²) in [6, 6.07) is 3.93. The number of hydrogen-bond donors (Lipinski definition) is 0. The van der Waals surface area contributed by atoms with Gasteiger partial charge in [-0.05, 0) is 31.5 Å². The smallest absolute Gasteiger partial charge is 0.154 e. The van der Waals surface area contributed by atoms with Crippen molar-refractivity contribution < 1.29 is 4.79 Å². The lowest BCUT2D eigenvalue weighted by molar-refractivity contribution is 0.112. The summed E-state index contributed by atoms with van der Waals surface area (Å²) in [6.45, 7) is 3.84. The molecule has 0 unspecified atom stereocenters. The Morgan fingerprint density at radius 2 is 2.23 bits per heavy atom. The molecule has 66 valence electrons. The Bertz CT molecular complexity index is 471. The fraction of sp³-hybridized carbons (Fsp3) is 0.200. The zero-order valence-corrected chi connectivity index (χ0v) is 7.61. The van der Waals surface area contributed by atoms with Gasteiger partial charge in [0.05, 0.1) is 16.8 Å². The quantitative estimate of drug-likeness (QED) is 0.617. The van der Waals surface area contributed by atoms with Crippen LogP contribution in [0.5, 0.6) is 0 Å². The summed E-state index contributed by atoms with van der Waals surface area (Å²) < 4.78 is 1.73. The summed E-state index contributed by atoms with van der Waals surface area (Å²) in [6.07, 6.45) is 2.72. The topological polar surface area (TPSA) is 34.4 Å². The summed E-state index contributed by atoms with van der Waals surface area (Å²) in [4.78, 5) is 10.8. The van der Waals surface area contributed by atoms with Crippen LogP contribution >= 0.6 is 0 Å².